The van der Waals surface area contributed by atoms with Crippen LogP contribution in [0.4, 0.5) is 0 Å². The summed E-state index contributed by atoms with van der Waals surface area (Å²) in [4.78, 5) is 5.03. The van der Waals surface area contributed by atoms with Crippen LogP contribution in [0, 0.1) is 5.92 Å². The van der Waals surface area contributed by atoms with Crippen molar-refractivity contribution in [3.63, 3.8) is 0 Å². The Balaban J connectivity index is 1.91. The first kappa shape index (κ1) is 13.3. The molecule has 0 amide bonds. The Bertz CT molecular complexity index is 256. The van der Waals surface area contributed by atoms with Gasteiger partial charge in [-0.15, -0.1) is 0 Å². The molecule has 3 atom stereocenters. The van der Waals surface area contributed by atoms with Crippen LogP contribution in [0.1, 0.15) is 39.5 Å². The molecular weight excluding hydrogens is 210 g/mol. The van der Waals surface area contributed by atoms with Crippen molar-refractivity contribution < 1.29 is 0 Å². The molecule has 0 radical (unpaired) electrons. The summed E-state index contributed by atoms with van der Waals surface area (Å²) in [6, 6.07) is 0.659. The van der Waals surface area contributed by atoms with Gasteiger partial charge in [-0.3, -0.25) is 4.90 Å². The van der Waals surface area contributed by atoms with Crippen molar-refractivity contribution in [3.8, 4) is 0 Å². The number of hydrogen-bond donors (Lipinski definition) is 1. The third-order valence-electron chi connectivity index (χ3n) is 4.61. The normalized spacial score (nSPS) is 41.6. The van der Waals surface area contributed by atoms with Crippen molar-refractivity contribution in [3.05, 3.63) is 0 Å². The van der Waals surface area contributed by atoms with Crippen LogP contribution in [-0.2, 0) is 0 Å². The topological polar surface area (TPSA) is 32.5 Å². The van der Waals surface area contributed by atoms with Crippen molar-refractivity contribution in [1.82, 2.24) is 9.80 Å². The van der Waals surface area contributed by atoms with Gasteiger partial charge in [-0.25, -0.2) is 0 Å². The van der Waals surface area contributed by atoms with E-state index in [1.165, 1.54) is 45.3 Å². The zero-order chi connectivity index (χ0) is 12.5. The van der Waals surface area contributed by atoms with Crippen LogP contribution >= 0.6 is 0 Å². The van der Waals surface area contributed by atoms with Gasteiger partial charge in [0.15, 0.2) is 0 Å². The Labute approximate surface area is 106 Å². The number of rotatable bonds is 2. The summed E-state index contributed by atoms with van der Waals surface area (Å²) >= 11 is 0. The predicted molar refractivity (Wildman–Crippen MR) is 73.1 cm³/mol. The maximum atomic E-state index is 6.62. The third-order valence-corrected chi connectivity index (χ3v) is 4.61. The molecule has 3 unspecified atom stereocenters. The third kappa shape index (κ3) is 3.43. The van der Waals surface area contributed by atoms with Crippen LogP contribution < -0.4 is 5.73 Å². The van der Waals surface area contributed by atoms with E-state index in [0.717, 1.165) is 12.5 Å². The Morgan fingerprint density at radius 3 is 2.71 bits per heavy atom. The molecule has 1 saturated heterocycles. The molecule has 2 aliphatic rings. The van der Waals surface area contributed by atoms with Gasteiger partial charge >= 0.3 is 0 Å². The van der Waals surface area contributed by atoms with Gasteiger partial charge in [0.25, 0.3) is 0 Å². The van der Waals surface area contributed by atoms with Crippen molar-refractivity contribution in [2.45, 2.75) is 51.1 Å². The molecule has 2 fully saturated rings. The molecule has 3 heteroatoms. The first-order chi connectivity index (χ1) is 7.98. The highest BCUT2D eigenvalue weighted by molar-refractivity contribution is 4.94. The highest BCUT2D eigenvalue weighted by Gasteiger charge is 2.34. The van der Waals surface area contributed by atoms with Gasteiger partial charge < -0.3 is 10.6 Å². The number of piperazine rings is 1. The highest BCUT2D eigenvalue weighted by atomic mass is 15.3. The molecular formula is C14H29N3. The smallest absolute Gasteiger partial charge is 0.0286 e. The first-order valence-electron chi connectivity index (χ1n) is 7.20. The van der Waals surface area contributed by atoms with Crippen LogP contribution in [0.15, 0.2) is 0 Å². The van der Waals surface area contributed by atoms with Crippen molar-refractivity contribution in [2.24, 2.45) is 11.7 Å². The second kappa shape index (κ2) is 5.25. The van der Waals surface area contributed by atoms with Gasteiger partial charge in [0.2, 0.25) is 0 Å². The average Bonchev–Trinajstić information content (AvgIpc) is 2.22. The molecule has 0 aromatic heterocycles. The summed E-state index contributed by atoms with van der Waals surface area (Å²) in [5, 5.41) is 0. The van der Waals surface area contributed by atoms with Gasteiger partial charge in [0, 0.05) is 37.8 Å². The van der Waals surface area contributed by atoms with Gasteiger partial charge in [0.1, 0.15) is 0 Å². The fraction of sp³-hybridized carbons (Fsp3) is 1.00. The summed E-state index contributed by atoms with van der Waals surface area (Å²) in [7, 11) is 2.22. The molecule has 100 valence electrons. The quantitative estimate of drug-likeness (QED) is 0.793. The number of hydrogen-bond acceptors (Lipinski definition) is 3. The number of likely N-dealkylation sites (N-methyl/N-ethyl adjacent to an activating group) is 1. The minimum Gasteiger partial charge on any atom is -0.324 e. The lowest BCUT2D eigenvalue weighted by Gasteiger charge is -2.45. The van der Waals surface area contributed by atoms with E-state index in [-0.39, 0.29) is 5.54 Å². The highest BCUT2D eigenvalue weighted by Crippen LogP contribution is 2.31. The fourth-order valence-corrected chi connectivity index (χ4v) is 3.66. The Morgan fingerprint density at radius 2 is 2.06 bits per heavy atom. The molecule has 1 aliphatic carbocycles. The standard InChI is InChI=1S/C14H29N3/c1-12-5-4-6-14(15,9-12)11-17-8-7-16(3)10-13(17)2/h12-13H,4-11,15H2,1-3H3. The summed E-state index contributed by atoms with van der Waals surface area (Å²) < 4.78 is 0. The van der Waals surface area contributed by atoms with E-state index in [2.05, 4.69) is 30.7 Å². The van der Waals surface area contributed by atoms with Gasteiger partial charge in [-0.05, 0) is 32.7 Å². The molecule has 0 aromatic rings. The summed E-state index contributed by atoms with van der Waals surface area (Å²) in [5.41, 5.74) is 6.71. The van der Waals surface area contributed by atoms with E-state index in [1.54, 1.807) is 0 Å². The monoisotopic (exact) mass is 239 g/mol. The lowest BCUT2D eigenvalue weighted by Crippen LogP contribution is -2.59. The SMILES string of the molecule is CC1CCCC(N)(CN2CCN(C)CC2C)C1. The predicted octanol–water partition coefficient (Wildman–Crippen LogP) is 1.53. The van der Waals surface area contributed by atoms with E-state index in [9.17, 15) is 0 Å². The van der Waals surface area contributed by atoms with Crippen LogP contribution in [0.3, 0.4) is 0 Å². The van der Waals surface area contributed by atoms with Crippen molar-refractivity contribution >= 4 is 0 Å². The second-order valence-electron chi connectivity index (χ2n) is 6.65. The van der Waals surface area contributed by atoms with E-state index < -0.39 is 0 Å². The maximum Gasteiger partial charge on any atom is 0.0286 e. The molecule has 2 rings (SSSR count). The van der Waals surface area contributed by atoms with E-state index >= 15 is 0 Å². The summed E-state index contributed by atoms with van der Waals surface area (Å²) in [6.45, 7) is 9.36. The minimum atomic E-state index is 0.0852. The molecule has 2 N–H and O–H groups in total. The zero-order valence-electron chi connectivity index (χ0n) is 11.8. The largest absolute Gasteiger partial charge is 0.324 e. The molecule has 0 spiro atoms. The molecule has 1 aliphatic heterocycles. The van der Waals surface area contributed by atoms with Gasteiger partial charge in [-0.2, -0.15) is 0 Å². The summed E-state index contributed by atoms with van der Waals surface area (Å²) in [6.07, 6.45) is 5.12. The molecule has 0 bridgehead atoms. The maximum absolute atomic E-state index is 6.62. The zero-order valence-corrected chi connectivity index (χ0v) is 11.8. The molecule has 17 heavy (non-hydrogen) atoms. The van der Waals surface area contributed by atoms with Crippen LogP contribution in [0.2, 0.25) is 0 Å². The lowest BCUT2D eigenvalue weighted by atomic mass is 9.76. The van der Waals surface area contributed by atoms with Crippen LogP contribution in [0.25, 0.3) is 0 Å². The molecule has 1 saturated carbocycles. The van der Waals surface area contributed by atoms with Crippen molar-refractivity contribution in [2.75, 3.05) is 33.2 Å². The van der Waals surface area contributed by atoms with Gasteiger partial charge in [-0.1, -0.05) is 19.8 Å². The van der Waals surface area contributed by atoms with E-state index in [1.807, 2.05) is 0 Å². The fourth-order valence-electron chi connectivity index (χ4n) is 3.66. The van der Waals surface area contributed by atoms with Crippen molar-refractivity contribution in [1.29, 1.82) is 0 Å². The summed E-state index contributed by atoms with van der Waals surface area (Å²) in [5.74, 6) is 0.816. The lowest BCUT2D eigenvalue weighted by molar-refractivity contribution is 0.0624. The molecule has 3 nitrogen and oxygen atoms in total. The molecule has 1 heterocycles. The number of nitrogens with zero attached hydrogens (tertiary/aromatic N) is 2. The first-order valence-corrected chi connectivity index (χ1v) is 7.20. The Morgan fingerprint density at radius 1 is 1.29 bits per heavy atom. The van der Waals surface area contributed by atoms with Gasteiger partial charge in [0.05, 0.1) is 0 Å². The second-order valence-corrected chi connectivity index (χ2v) is 6.65. The van der Waals surface area contributed by atoms with Crippen LogP contribution in [-0.4, -0.2) is 54.6 Å². The van der Waals surface area contributed by atoms with E-state index in [4.69, 9.17) is 5.73 Å². The van der Waals surface area contributed by atoms with Crippen LogP contribution in [0.5, 0.6) is 0 Å². The minimum absolute atomic E-state index is 0.0852. The Kier molecular flexibility index (Phi) is 4.11. The Hall–Kier alpha value is -0.120. The number of nitrogens with two attached hydrogens (primary N) is 1. The van der Waals surface area contributed by atoms with E-state index in [0.29, 0.717) is 6.04 Å². The molecule has 0 aromatic carbocycles. The average molecular weight is 239 g/mol.